The first-order chi connectivity index (χ1) is 15.3. The normalized spacial score (nSPS) is 15.7. The smallest absolute Gasteiger partial charge is 0.416 e. The lowest BCUT2D eigenvalue weighted by atomic mass is 9.85. The zero-order chi connectivity index (χ0) is 22.7. The Hall–Kier alpha value is -3.28. The fraction of sp³-hybridized carbons (Fsp3) is 0.269. The van der Waals surface area contributed by atoms with E-state index in [1.165, 1.54) is 12.1 Å². The van der Waals surface area contributed by atoms with Crippen LogP contribution in [0.25, 0.3) is 11.1 Å². The fourth-order valence-corrected chi connectivity index (χ4v) is 4.16. The van der Waals surface area contributed by atoms with Crippen LogP contribution in [0.5, 0.6) is 0 Å². The lowest BCUT2D eigenvalue weighted by molar-refractivity contribution is -0.137. The largest absolute Gasteiger partial charge is 0.445 e. The highest BCUT2D eigenvalue weighted by Gasteiger charge is 2.30. The van der Waals surface area contributed by atoms with E-state index in [4.69, 9.17) is 4.74 Å². The first-order valence-electron chi connectivity index (χ1n) is 10.6. The second-order valence-corrected chi connectivity index (χ2v) is 8.05. The summed E-state index contributed by atoms with van der Waals surface area (Å²) in [6.07, 6.45) is -2.09. The number of carbonyl (C=O) groups excluding carboxylic acids is 1. The molecular formula is C26H24F3NO2. The Labute approximate surface area is 185 Å². The van der Waals surface area contributed by atoms with Gasteiger partial charge in [-0.3, -0.25) is 0 Å². The maximum Gasteiger partial charge on any atom is 0.416 e. The summed E-state index contributed by atoms with van der Waals surface area (Å²) in [5, 5.41) is 0. The second-order valence-electron chi connectivity index (χ2n) is 8.05. The van der Waals surface area contributed by atoms with Gasteiger partial charge < -0.3 is 9.64 Å². The predicted octanol–water partition coefficient (Wildman–Crippen LogP) is 7.02. The molecule has 0 aromatic heterocycles. The Morgan fingerprint density at radius 3 is 2.38 bits per heavy atom. The highest BCUT2D eigenvalue weighted by Crippen LogP contribution is 2.37. The number of amides is 1. The Morgan fingerprint density at radius 2 is 1.69 bits per heavy atom. The molecule has 1 aliphatic rings. The summed E-state index contributed by atoms with van der Waals surface area (Å²) in [5.41, 5.74) is 3.96. The maximum atomic E-state index is 12.9. The van der Waals surface area contributed by atoms with Crippen molar-refractivity contribution in [3.8, 4) is 11.1 Å². The molecule has 1 amide bonds. The minimum absolute atomic E-state index is 0.142. The molecule has 0 bridgehead atoms. The molecule has 0 fully saturated rings. The molecule has 3 nitrogen and oxygen atoms in total. The van der Waals surface area contributed by atoms with E-state index in [9.17, 15) is 18.0 Å². The van der Waals surface area contributed by atoms with Crippen molar-refractivity contribution in [3.63, 3.8) is 0 Å². The molecule has 0 saturated carbocycles. The molecule has 0 aliphatic heterocycles. The van der Waals surface area contributed by atoms with Gasteiger partial charge >= 0.3 is 12.3 Å². The molecule has 6 heteroatoms. The lowest BCUT2D eigenvalue weighted by Gasteiger charge is -2.33. The van der Waals surface area contributed by atoms with Crippen molar-refractivity contribution < 1.29 is 22.7 Å². The van der Waals surface area contributed by atoms with Gasteiger partial charge in [0.2, 0.25) is 0 Å². The Bertz CT molecular complexity index is 1080. The molecule has 1 atom stereocenters. The van der Waals surface area contributed by atoms with Crippen molar-refractivity contribution >= 4 is 6.09 Å². The van der Waals surface area contributed by atoms with Crippen molar-refractivity contribution in [1.82, 2.24) is 4.90 Å². The average molecular weight is 439 g/mol. The van der Waals surface area contributed by atoms with E-state index in [0.29, 0.717) is 5.56 Å². The topological polar surface area (TPSA) is 29.5 Å². The van der Waals surface area contributed by atoms with Crippen LogP contribution in [-0.4, -0.2) is 18.0 Å². The van der Waals surface area contributed by atoms with Crippen molar-refractivity contribution in [3.05, 3.63) is 95.1 Å². The molecule has 3 aromatic rings. The van der Waals surface area contributed by atoms with Crippen LogP contribution in [-0.2, 0) is 23.9 Å². The highest BCUT2D eigenvalue weighted by atomic mass is 19.4. The van der Waals surface area contributed by atoms with E-state index in [2.05, 4.69) is 0 Å². The van der Waals surface area contributed by atoms with E-state index in [0.717, 1.165) is 53.6 Å². The van der Waals surface area contributed by atoms with E-state index in [1.54, 1.807) is 11.9 Å². The van der Waals surface area contributed by atoms with Gasteiger partial charge in [-0.15, -0.1) is 0 Å². The SMILES string of the molecule is CN(C(=O)OCc1ccccc1)C1CCCc2ccc(-c3ccc(C(F)(F)F)cc3)cc21. The van der Waals surface area contributed by atoms with Crippen LogP contribution in [0.15, 0.2) is 72.8 Å². The standard InChI is InChI=1S/C26H24F3NO2/c1-30(25(31)32-17-18-6-3-2-4-7-18)24-9-5-8-20-10-11-21(16-23(20)24)19-12-14-22(15-13-19)26(27,28)29/h2-4,6-7,10-16,24H,5,8-9,17H2,1H3. The van der Waals surface area contributed by atoms with Crippen LogP contribution in [0.3, 0.4) is 0 Å². The number of benzene rings is 3. The van der Waals surface area contributed by atoms with Crippen molar-refractivity contribution in [2.75, 3.05) is 7.05 Å². The number of nitrogens with zero attached hydrogens (tertiary/aromatic N) is 1. The van der Waals surface area contributed by atoms with E-state index < -0.39 is 17.8 Å². The summed E-state index contributed by atoms with van der Waals surface area (Å²) in [6, 6.07) is 20.5. The zero-order valence-electron chi connectivity index (χ0n) is 17.7. The fourth-order valence-electron chi connectivity index (χ4n) is 4.16. The number of hydrogen-bond acceptors (Lipinski definition) is 2. The van der Waals surface area contributed by atoms with Crippen molar-refractivity contribution in [1.29, 1.82) is 0 Å². The Kier molecular flexibility index (Phi) is 6.21. The van der Waals surface area contributed by atoms with Crippen LogP contribution in [0.4, 0.5) is 18.0 Å². The number of rotatable bonds is 4. The quantitative estimate of drug-likeness (QED) is 0.437. The number of hydrogen-bond donors (Lipinski definition) is 0. The molecule has 0 N–H and O–H groups in total. The highest BCUT2D eigenvalue weighted by molar-refractivity contribution is 5.70. The van der Waals surface area contributed by atoms with E-state index in [-0.39, 0.29) is 12.6 Å². The molecule has 0 radical (unpaired) electrons. The van der Waals surface area contributed by atoms with E-state index >= 15 is 0 Å². The number of alkyl halides is 3. The summed E-state index contributed by atoms with van der Waals surface area (Å²) < 4.78 is 44.2. The number of ether oxygens (including phenoxy) is 1. The first-order valence-corrected chi connectivity index (χ1v) is 10.6. The number of fused-ring (bicyclic) bond motifs is 1. The third kappa shape index (κ3) is 4.79. The molecule has 32 heavy (non-hydrogen) atoms. The minimum atomic E-state index is -4.36. The monoisotopic (exact) mass is 439 g/mol. The number of halogens is 3. The van der Waals surface area contributed by atoms with Gasteiger partial charge in [-0.05, 0) is 65.3 Å². The summed E-state index contributed by atoms with van der Waals surface area (Å²) in [5.74, 6) is 0. The molecule has 1 aliphatic carbocycles. The summed E-state index contributed by atoms with van der Waals surface area (Å²) in [7, 11) is 1.73. The van der Waals surface area contributed by atoms with Crippen LogP contribution in [0.1, 0.15) is 41.1 Å². The summed E-state index contributed by atoms with van der Waals surface area (Å²) >= 11 is 0. The lowest BCUT2D eigenvalue weighted by Crippen LogP contribution is -2.33. The molecule has 0 spiro atoms. The van der Waals surface area contributed by atoms with Crippen LogP contribution in [0, 0.1) is 0 Å². The van der Waals surface area contributed by atoms with Crippen LogP contribution < -0.4 is 0 Å². The van der Waals surface area contributed by atoms with Crippen LogP contribution in [0.2, 0.25) is 0 Å². The summed E-state index contributed by atoms with van der Waals surface area (Å²) in [6.45, 7) is 0.204. The number of aryl methyl sites for hydroxylation is 1. The molecular weight excluding hydrogens is 415 g/mol. The van der Waals surface area contributed by atoms with Gasteiger partial charge in [0, 0.05) is 7.05 Å². The molecule has 3 aromatic carbocycles. The van der Waals surface area contributed by atoms with Crippen LogP contribution >= 0.6 is 0 Å². The van der Waals surface area contributed by atoms with Gasteiger partial charge in [-0.25, -0.2) is 4.79 Å². The molecule has 4 rings (SSSR count). The van der Waals surface area contributed by atoms with Gasteiger partial charge in [-0.1, -0.05) is 54.6 Å². The third-order valence-electron chi connectivity index (χ3n) is 5.93. The third-order valence-corrected chi connectivity index (χ3v) is 5.93. The van der Waals surface area contributed by atoms with Gasteiger partial charge in [0.05, 0.1) is 11.6 Å². The number of carbonyl (C=O) groups is 1. The first kappa shape index (κ1) is 21.9. The van der Waals surface area contributed by atoms with Gasteiger partial charge in [0.25, 0.3) is 0 Å². The van der Waals surface area contributed by atoms with Crippen molar-refractivity contribution in [2.24, 2.45) is 0 Å². The Balaban J connectivity index is 1.54. The Morgan fingerprint density at radius 1 is 1.00 bits per heavy atom. The molecule has 166 valence electrons. The molecule has 1 unspecified atom stereocenters. The van der Waals surface area contributed by atoms with Crippen molar-refractivity contribution in [2.45, 2.75) is 38.1 Å². The van der Waals surface area contributed by atoms with Gasteiger partial charge in [0.15, 0.2) is 0 Å². The minimum Gasteiger partial charge on any atom is -0.445 e. The molecule has 0 heterocycles. The van der Waals surface area contributed by atoms with E-state index in [1.807, 2.05) is 48.5 Å². The van der Waals surface area contributed by atoms with Gasteiger partial charge in [0.1, 0.15) is 6.61 Å². The second kappa shape index (κ2) is 9.07. The maximum absolute atomic E-state index is 12.9. The average Bonchev–Trinajstić information content (AvgIpc) is 2.81. The zero-order valence-corrected chi connectivity index (χ0v) is 17.7. The molecule has 0 saturated heterocycles. The predicted molar refractivity (Wildman–Crippen MR) is 117 cm³/mol. The summed E-state index contributed by atoms with van der Waals surface area (Å²) in [4.78, 5) is 14.3. The van der Waals surface area contributed by atoms with Gasteiger partial charge in [-0.2, -0.15) is 13.2 Å².